The van der Waals surface area contributed by atoms with Gasteiger partial charge in [-0.15, -0.1) is 0 Å². The second-order valence-corrected chi connectivity index (χ2v) is 5.05. The van der Waals surface area contributed by atoms with Crippen molar-refractivity contribution in [2.24, 2.45) is 5.10 Å². The molecule has 0 heterocycles. The van der Waals surface area contributed by atoms with Gasteiger partial charge in [-0.25, -0.2) is 0 Å². The molecule has 0 bridgehead atoms. The molecule has 2 aromatic carbocycles. The topological polar surface area (TPSA) is 33.6 Å². The summed E-state index contributed by atoms with van der Waals surface area (Å²) in [5, 5.41) is 5.55. The number of methoxy groups -OCH3 is 1. The number of hydrogen-bond acceptors (Lipinski definition) is 3. The molecule has 0 amide bonds. The molecule has 0 aliphatic heterocycles. The number of hydrazone groups is 1. The fourth-order valence-corrected chi connectivity index (χ4v) is 2.15. The van der Waals surface area contributed by atoms with E-state index < -0.39 is 0 Å². The second-order valence-electron chi connectivity index (χ2n) is 3.86. The molecule has 2 aromatic rings. The van der Waals surface area contributed by atoms with Crippen molar-refractivity contribution in [2.45, 2.75) is 0 Å². The molecule has 1 N–H and O–H groups in total. The van der Waals surface area contributed by atoms with Crippen molar-refractivity contribution in [1.29, 1.82) is 0 Å². The van der Waals surface area contributed by atoms with Crippen LogP contribution < -0.4 is 10.2 Å². The number of anilines is 1. The average molecular weight is 330 g/mol. The summed E-state index contributed by atoms with van der Waals surface area (Å²) in [5.74, 6) is 0.610. The molecule has 0 fully saturated rings. The highest BCUT2D eigenvalue weighted by atomic mass is 35.5. The Hall–Kier alpha value is -1.42. The highest BCUT2D eigenvalue weighted by Gasteiger charge is 2.02. The quantitative estimate of drug-likeness (QED) is 0.625. The van der Waals surface area contributed by atoms with Crippen molar-refractivity contribution in [2.75, 3.05) is 12.5 Å². The molecule has 0 aliphatic carbocycles. The molecule has 2 rings (SSSR count). The Labute approximate surface area is 132 Å². The first-order chi connectivity index (χ1) is 9.61. The lowest BCUT2D eigenvalue weighted by Crippen LogP contribution is -1.92. The summed E-state index contributed by atoms with van der Waals surface area (Å²) in [6.45, 7) is 0. The van der Waals surface area contributed by atoms with Gasteiger partial charge >= 0.3 is 0 Å². The molecular weight excluding hydrogens is 319 g/mol. The lowest BCUT2D eigenvalue weighted by Gasteiger charge is -2.05. The molecule has 104 valence electrons. The summed E-state index contributed by atoms with van der Waals surface area (Å²) in [5.41, 5.74) is 4.33. The molecule has 6 heteroatoms. The summed E-state index contributed by atoms with van der Waals surface area (Å²) in [6, 6.07) is 10.6. The first-order valence-corrected chi connectivity index (χ1v) is 6.82. The maximum Gasteiger partial charge on any atom is 0.137 e. The minimum absolute atomic E-state index is 0.465. The van der Waals surface area contributed by atoms with E-state index >= 15 is 0 Å². The van der Waals surface area contributed by atoms with Crippen LogP contribution in [0.15, 0.2) is 41.5 Å². The second kappa shape index (κ2) is 6.84. The van der Waals surface area contributed by atoms with Gasteiger partial charge in [-0.05, 0) is 24.3 Å². The Morgan fingerprint density at radius 1 is 1.10 bits per heavy atom. The Kier molecular flexibility index (Phi) is 5.12. The van der Waals surface area contributed by atoms with E-state index in [0.717, 1.165) is 11.3 Å². The van der Waals surface area contributed by atoms with Crippen LogP contribution in [0.3, 0.4) is 0 Å². The smallest absolute Gasteiger partial charge is 0.137 e. The van der Waals surface area contributed by atoms with E-state index in [0.29, 0.717) is 20.8 Å². The van der Waals surface area contributed by atoms with Crippen molar-refractivity contribution in [1.82, 2.24) is 0 Å². The highest BCUT2D eigenvalue weighted by molar-refractivity contribution is 6.43. The number of nitrogens with one attached hydrogen (secondary N) is 1. The molecule has 0 aromatic heterocycles. The van der Waals surface area contributed by atoms with E-state index in [1.807, 2.05) is 12.1 Å². The van der Waals surface area contributed by atoms with Gasteiger partial charge in [-0.1, -0.05) is 46.9 Å². The van der Waals surface area contributed by atoms with Crippen molar-refractivity contribution >= 4 is 46.7 Å². The Bertz CT molecular complexity index is 644. The van der Waals surface area contributed by atoms with Gasteiger partial charge in [-0.2, -0.15) is 5.10 Å². The fraction of sp³-hybridized carbons (Fsp3) is 0.0714. The minimum atomic E-state index is 0.465. The first-order valence-electron chi connectivity index (χ1n) is 5.68. The number of benzene rings is 2. The molecule has 0 aliphatic rings. The predicted octanol–water partition coefficient (Wildman–Crippen LogP) is 5.10. The molecule has 0 radical (unpaired) electrons. The Balaban J connectivity index is 2.10. The van der Waals surface area contributed by atoms with Crippen LogP contribution in [0.4, 0.5) is 5.69 Å². The third-order valence-electron chi connectivity index (χ3n) is 2.53. The molecule has 0 unspecified atom stereocenters. The van der Waals surface area contributed by atoms with E-state index in [2.05, 4.69) is 10.5 Å². The van der Waals surface area contributed by atoms with Crippen molar-refractivity contribution in [3.63, 3.8) is 0 Å². The molecule has 0 saturated heterocycles. The van der Waals surface area contributed by atoms with Gasteiger partial charge in [0.05, 0.1) is 34.1 Å². The lowest BCUT2D eigenvalue weighted by molar-refractivity contribution is 0.415. The standard InChI is InChI=1S/C14H11Cl3N2O/c1-20-13-6-5-10(7-12(13)16)19-18-8-9-3-2-4-11(15)14(9)17/h2-8,19H,1H3/b18-8+. The Morgan fingerprint density at radius 3 is 2.60 bits per heavy atom. The maximum absolute atomic E-state index is 6.05. The maximum atomic E-state index is 6.05. The number of ether oxygens (including phenoxy) is 1. The van der Waals surface area contributed by atoms with Crippen LogP contribution in [0, 0.1) is 0 Å². The van der Waals surface area contributed by atoms with Gasteiger partial charge < -0.3 is 4.74 Å². The van der Waals surface area contributed by atoms with Crippen molar-refractivity contribution in [3.8, 4) is 5.75 Å². The summed E-state index contributed by atoms with van der Waals surface area (Å²) >= 11 is 18.0. The highest BCUT2D eigenvalue weighted by Crippen LogP contribution is 2.27. The normalized spacial score (nSPS) is 10.8. The number of hydrogen-bond donors (Lipinski definition) is 1. The van der Waals surface area contributed by atoms with Crippen LogP contribution in [0.5, 0.6) is 5.75 Å². The molecule has 0 saturated carbocycles. The molecule has 0 spiro atoms. The number of nitrogens with zero attached hydrogens (tertiary/aromatic N) is 1. The Morgan fingerprint density at radius 2 is 1.90 bits per heavy atom. The summed E-state index contributed by atoms with van der Waals surface area (Å²) in [4.78, 5) is 0. The monoisotopic (exact) mass is 328 g/mol. The van der Waals surface area contributed by atoms with Crippen LogP contribution in [-0.2, 0) is 0 Å². The van der Waals surface area contributed by atoms with Crippen LogP contribution >= 0.6 is 34.8 Å². The van der Waals surface area contributed by atoms with E-state index in [1.165, 1.54) is 0 Å². The van der Waals surface area contributed by atoms with Gasteiger partial charge in [0.15, 0.2) is 0 Å². The molecule has 3 nitrogen and oxygen atoms in total. The van der Waals surface area contributed by atoms with Gasteiger partial charge in [-0.3, -0.25) is 5.43 Å². The summed E-state index contributed by atoms with van der Waals surface area (Å²) in [7, 11) is 1.56. The minimum Gasteiger partial charge on any atom is -0.495 e. The van der Waals surface area contributed by atoms with Crippen molar-refractivity contribution < 1.29 is 4.74 Å². The van der Waals surface area contributed by atoms with Gasteiger partial charge in [0.25, 0.3) is 0 Å². The molecule has 20 heavy (non-hydrogen) atoms. The van der Waals surface area contributed by atoms with Crippen molar-refractivity contribution in [3.05, 3.63) is 57.0 Å². The number of rotatable bonds is 4. The average Bonchev–Trinajstić information content (AvgIpc) is 2.44. The zero-order chi connectivity index (χ0) is 14.5. The first kappa shape index (κ1) is 15.0. The SMILES string of the molecule is COc1ccc(N/N=C/c2cccc(Cl)c2Cl)cc1Cl. The third kappa shape index (κ3) is 3.57. The van der Waals surface area contributed by atoms with Crippen LogP contribution in [0.25, 0.3) is 0 Å². The molecule has 0 atom stereocenters. The van der Waals surface area contributed by atoms with Gasteiger partial charge in [0, 0.05) is 5.56 Å². The zero-order valence-electron chi connectivity index (χ0n) is 10.5. The summed E-state index contributed by atoms with van der Waals surface area (Å²) in [6.07, 6.45) is 1.59. The van der Waals surface area contributed by atoms with Gasteiger partial charge in [0.1, 0.15) is 5.75 Å². The van der Waals surface area contributed by atoms with E-state index in [4.69, 9.17) is 39.5 Å². The molecular formula is C14H11Cl3N2O. The third-order valence-corrected chi connectivity index (χ3v) is 3.66. The van der Waals surface area contributed by atoms with Crippen LogP contribution in [-0.4, -0.2) is 13.3 Å². The van der Waals surface area contributed by atoms with Crippen LogP contribution in [0.2, 0.25) is 15.1 Å². The van der Waals surface area contributed by atoms with E-state index in [-0.39, 0.29) is 0 Å². The van der Waals surface area contributed by atoms with E-state index in [1.54, 1.807) is 37.6 Å². The zero-order valence-corrected chi connectivity index (χ0v) is 12.8. The lowest BCUT2D eigenvalue weighted by atomic mass is 10.2. The fourth-order valence-electron chi connectivity index (χ4n) is 1.53. The van der Waals surface area contributed by atoms with E-state index in [9.17, 15) is 0 Å². The van der Waals surface area contributed by atoms with Gasteiger partial charge in [0.2, 0.25) is 0 Å². The predicted molar refractivity (Wildman–Crippen MR) is 85.7 cm³/mol. The number of halogens is 3. The summed E-state index contributed by atoms with van der Waals surface area (Å²) < 4.78 is 5.07. The largest absolute Gasteiger partial charge is 0.495 e. The van der Waals surface area contributed by atoms with Crippen LogP contribution in [0.1, 0.15) is 5.56 Å².